The molecular formula is C13H19N3O4. The first kappa shape index (κ1) is 14.5. The van der Waals surface area contributed by atoms with Crippen molar-refractivity contribution in [1.82, 2.24) is 9.78 Å². The van der Waals surface area contributed by atoms with Crippen molar-refractivity contribution in [1.29, 1.82) is 0 Å². The Morgan fingerprint density at radius 2 is 2.10 bits per heavy atom. The van der Waals surface area contributed by atoms with Crippen LogP contribution in [-0.4, -0.2) is 47.2 Å². The van der Waals surface area contributed by atoms with Crippen LogP contribution in [0, 0.1) is 5.41 Å². The lowest BCUT2D eigenvalue weighted by atomic mass is 9.94. The summed E-state index contributed by atoms with van der Waals surface area (Å²) in [5.41, 5.74) is -0.567. The minimum atomic E-state index is -1.03. The lowest BCUT2D eigenvalue weighted by Gasteiger charge is -2.28. The molecule has 0 saturated carbocycles. The van der Waals surface area contributed by atoms with Gasteiger partial charge in [0.05, 0.1) is 37.1 Å². The Morgan fingerprint density at radius 1 is 1.45 bits per heavy atom. The molecule has 7 heteroatoms. The van der Waals surface area contributed by atoms with E-state index in [1.807, 2.05) is 4.90 Å². The van der Waals surface area contributed by atoms with Crippen LogP contribution in [0.2, 0.25) is 0 Å². The van der Waals surface area contributed by atoms with Gasteiger partial charge in [-0.25, -0.2) is 4.68 Å². The van der Waals surface area contributed by atoms with E-state index in [0.29, 0.717) is 13.2 Å². The predicted molar refractivity (Wildman–Crippen MR) is 72.9 cm³/mol. The minimum absolute atomic E-state index is 0.0462. The molecule has 1 aromatic heterocycles. The maximum absolute atomic E-state index is 12.0. The zero-order valence-corrected chi connectivity index (χ0v) is 11.7. The number of anilines is 1. The molecule has 110 valence electrons. The van der Waals surface area contributed by atoms with Crippen molar-refractivity contribution in [3.8, 4) is 0 Å². The summed E-state index contributed by atoms with van der Waals surface area (Å²) in [5, 5.41) is 13.2. The van der Waals surface area contributed by atoms with Gasteiger partial charge in [0.2, 0.25) is 0 Å². The predicted octanol–water partition coefficient (Wildman–Crippen LogP) is 0.191. The Morgan fingerprint density at radius 3 is 2.65 bits per heavy atom. The van der Waals surface area contributed by atoms with Gasteiger partial charge in [0.25, 0.3) is 5.56 Å². The Bertz CT molecular complexity index is 547. The van der Waals surface area contributed by atoms with E-state index in [1.54, 1.807) is 20.0 Å². The smallest absolute Gasteiger partial charge is 0.310 e. The number of carboxylic acids is 1. The molecule has 7 nitrogen and oxygen atoms in total. The summed E-state index contributed by atoms with van der Waals surface area (Å²) < 4.78 is 6.45. The first-order chi connectivity index (χ1) is 9.40. The van der Waals surface area contributed by atoms with Gasteiger partial charge in [-0.2, -0.15) is 5.10 Å². The zero-order valence-electron chi connectivity index (χ0n) is 11.7. The standard InChI is InChI=1S/C13H19N3O4/c1-13(2,12(18)19)9-16-11(17)7-10(8-14-16)15-3-5-20-6-4-15/h7-8H,3-6,9H2,1-2H3,(H,18,19). The van der Waals surface area contributed by atoms with Crippen LogP contribution in [0.15, 0.2) is 17.1 Å². The average molecular weight is 281 g/mol. The Hall–Kier alpha value is -1.89. The summed E-state index contributed by atoms with van der Waals surface area (Å²) in [4.78, 5) is 25.2. The molecule has 0 bridgehead atoms. The molecule has 0 aromatic carbocycles. The van der Waals surface area contributed by atoms with E-state index in [1.165, 1.54) is 10.7 Å². The van der Waals surface area contributed by atoms with Crippen molar-refractivity contribution in [2.75, 3.05) is 31.2 Å². The number of rotatable bonds is 4. The monoisotopic (exact) mass is 281 g/mol. The van der Waals surface area contributed by atoms with E-state index in [4.69, 9.17) is 9.84 Å². The van der Waals surface area contributed by atoms with Crippen LogP contribution in [-0.2, 0) is 16.1 Å². The number of aromatic nitrogens is 2. The maximum atomic E-state index is 12.0. The van der Waals surface area contributed by atoms with Crippen molar-refractivity contribution in [3.63, 3.8) is 0 Å². The molecule has 2 heterocycles. The van der Waals surface area contributed by atoms with Crippen molar-refractivity contribution < 1.29 is 14.6 Å². The maximum Gasteiger partial charge on any atom is 0.310 e. The number of morpholine rings is 1. The number of aliphatic carboxylic acids is 1. The van der Waals surface area contributed by atoms with Crippen LogP contribution >= 0.6 is 0 Å². The molecular weight excluding hydrogens is 262 g/mol. The number of nitrogens with zero attached hydrogens (tertiary/aromatic N) is 3. The van der Waals surface area contributed by atoms with Gasteiger partial charge in [-0.3, -0.25) is 9.59 Å². The normalized spacial score (nSPS) is 16.2. The highest BCUT2D eigenvalue weighted by Gasteiger charge is 2.28. The average Bonchev–Trinajstić information content (AvgIpc) is 2.41. The van der Waals surface area contributed by atoms with Crippen LogP contribution in [0.4, 0.5) is 5.69 Å². The quantitative estimate of drug-likeness (QED) is 0.848. The SMILES string of the molecule is CC(C)(Cn1ncc(N2CCOCC2)cc1=O)C(=O)O. The first-order valence-electron chi connectivity index (χ1n) is 6.53. The van der Waals surface area contributed by atoms with E-state index in [9.17, 15) is 9.59 Å². The molecule has 0 unspecified atom stereocenters. The van der Waals surface area contributed by atoms with Gasteiger partial charge in [-0.1, -0.05) is 0 Å². The second-order valence-electron chi connectivity index (χ2n) is 5.50. The highest BCUT2D eigenvalue weighted by molar-refractivity contribution is 5.73. The molecule has 1 aliphatic heterocycles. The second kappa shape index (κ2) is 5.62. The van der Waals surface area contributed by atoms with Gasteiger partial charge >= 0.3 is 5.97 Å². The summed E-state index contributed by atoms with van der Waals surface area (Å²) in [6, 6.07) is 1.50. The Balaban J connectivity index is 2.17. The summed E-state index contributed by atoms with van der Waals surface area (Å²) in [6.07, 6.45) is 1.60. The topological polar surface area (TPSA) is 84.7 Å². The van der Waals surface area contributed by atoms with E-state index in [2.05, 4.69) is 5.10 Å². The summed E-state index contributed by atoms with van der Waals surface area (Å²) in [6.45, 7) is 5.91. The van der Waals surface area contributed by atoms with Gasteiger partial charge in [0.1, 0.15) is 0 Å². The van der Waals surface area contributed by atoms with Crippen LogP contribution in [0.5, 0.6) is 0 Å². The largest absolute Gasteiger partial charge is 0.481 e. The zero-order chi connectivity index (χ0) is 14.8. The van der Waals surface area contributed by atoms with E-state index in [0.717, 1.165) is 18.8 Å². The second-order valence-corrected chi connectivity index (χ2v) is 5.50. The number of ether oxygens (including phenoxy) is 1. The number of hydrogen-bond acceptors (Lipinski definition) is 5. The highest BCUT2D eigenvalue weighted by atomic mass is 16.5. The van der Waals surface area contributed by atoms with Gasteiger partial charge in [0, 0.05) is 19.2 Å². The molecule has 0 atom stereocenters. The van der Waals surface area contributed by atoms with Crippen molar-refractivity contribution in [3.05, 3.63) is 22.6 Å². The summed E-state index contributed by atoms with van der Waals surface area (Å²) >= 11 is 0. The molecule has 20 heavy (non-hydrogen) atoms. The molecule has 0 amide bonds. The Labute approximate surface area is 116 Å². The third-order valence-corrected chi connectivity index (χ3v) is 3.36. The van der Waals surface area contributed by atoms with Crippen molar-refractivity contribution >= 4 is 11.7 Å². The Kier molecular flexibility index (Phi) is 4.08. The van der Waals surface area contributed by atoms with Gasteiger partial charge in [0.15, 0.2) is 0 Å². The molecule has 1 aromatic rings. The fraction of sp³-hybridized carbons (Fsp3) is 0.615. The van der Waals surface area contributed by atoms with Crippen molar-refractivity contribution in [2.24, 2.45) is 5.41 Å². The third kappa shape index (κ3) is 3.16. The molecule has 0 aliphatic carbocycles. The van der Waals surface area contributed by atoms with E-state index in [-0.39, 0.29) is 12.1 Å². The molecule has 1 N–H and O–H groups in total. The van der Waals surface area contributed by atoms with Crippen LogP contribution < -0.4 is 10.5 Å². The van der Waals surface area contributed by atoms with Crippen LogP contribution in [0.1, 0.15) is 13.8 Å². The third-order valence-electron chi connectivity index (χ3n) is 3.36. The van der Waals surface area contributed by atoms with Crippen LogP contribution in [0.25, 0.3) is 0 Å². The van der Waals surface area contributed by atoms with E-state index >= 15 is 0 Å². The molecule has 1 fully saturated rings. The lowest BCUT2D eigenvalue weighted by Crippen LogP contribution is -2.39. The van der Waals surface area contributed by atoms with Crippen LogP contribution in [0.3, 0.4) is 0 Å². The molecule has 1 saturated heterocycles. The molecule has 2 rings (SSSR count). The van der Waals surface area contributed by atoms with Gasteiger partial charge in [-0.05, 0) is 13.8 Å². The van der Waals surface area contributed by atoms with Gasteiger partial charge in [-0.15, -0.1) is 0 Å². The number of carboxylic acid groups (broad SMARTS) is 1. The highest BCUT2D eigenvalue weighted by Crippen LogP contribution is 2.17. The lowest BCUT2D eigenvalue weighted by molar-refractivity contribution is -0.147. The van der Waals surface area contributed by atoms with Crippen molar-refractivity contribution in [2.45, 2.75) is 20.4 Å². The number of hydrogen-bond donors (Lipinski definition) is 1. The molecule has 1 aliphatic rings. The first-order valence-corrected chi connectivity index (χ1v) is 6.53. The number of carbonyl (C=O) groups is 1. The fourth-order valence-electron chi connectivity index (χ4n) is 1.98. The van der Waals surface area contributed by atoms with Gasteiger partial charge < -0.3 is 14.7 Å². The molecule has 0 radical (unpaired) electrons. The van der Waals surface area contributed by atoms with E-state index < -0.39 is 11.4 Å². The fourth-order valence-corrected chi connectivity index (χ4v) is 1.98. The summed E-state index contributed by atoms with van der Waals surface area (Å²) in [5.74, 6) is -0.955. The molecule has 0 spiro atoms. The minimum Gasteiger partial charge on any atom is -0.481 e. The summed E-state index contributed by atoms with van der Waals surface area (Å²) in [7, 11) is 0.